The van der Waals surface area contributed by atoms with Crippen LogP contribution in [0.25, 0.3) is 22.3 Å². The summed E-state index contributed by atoms with van der Waals surface area (Å²) in [5.41, 5.74) is -0.185. The SMILES string of the molecule is COc1cc(-c2[o+]c3cc(O[C@@H]4O[C@H](COC(=O)CC(=O)O)[C@@H](O)[C@@H](O)[C@H]4O)cc(O)c3cc2O[C@@H]2O[C@H](CO)[C@@H](O)[C@@H](O)[C@H]2O)cc(O)c1O. The highest BCUT2D eigenvalue weighted by Crippen LogP contribution is 2.45. The van der Waals surface area contributed by atoms with Crippen LogP contribution in [0.1, 0.15) is 6.42 Å². The number of methoxy groups -OCH3 is 1. The first-order valence-corrected chi connectivity index (χ1v) is 15.1. The standard InChI is InChI=1S/C31H34O20/c1-45-16-3-10(2-14(34)22(16)38)29-17(49-31-28(44)25(41)23(39)18(8-32)50-31)6-12-13(33)4-11(5-15(12)48-29)47-30-27(43)26(42)24(40)19(51-30)9-46-21(37)7-20(35)36/h2-6,18-19,23-28,30-32,39-44H,7-9H2,1H3,(H3-,33,34,35,36,38)/p+1/t18-,19-,23-,24-,25-,26-,27-,28-,30-,31-/m1/s1. The maximum Gasteiger partial charge on any atom is 0.402 e. The van der Waals surface area contributed by atoms with Gasteiger partial charge in [-0.25, -0.2) is 4.42 Å². The Kier molecular flexibility index (Phi) is 11.2. The fraction of sp³-hybridized carbons (Fsp3) is 0.452. The number of fused-ring (bicyclic) bond motifs is 1. The predicted molar refractivity (Wildman–Crippen MR) is 163 cm³/mol. The van der Waals surface area contributed by atoms with E-state index in [1.54, 1.807) is 0 Å². The minimum absolute atomic E-state index is 0.0158. The van der Waals surface area contributed by atoms with Crippen molar-refractivity contribution in [3.63, 3.8) is 0 Å². The minimum Gasteiger partial charge on any atom is -0.507 e. The average Bonchev–Trinajstić information content (AvgIpc) is 3.09. The zero-order valence-electron chi connectivity index (χ0n) is 26.4. The van der Waals surface area contributed by atoms with Gasteiger partial charge in [0.25, 0.3) is 0 Å². The number of carboxylic acid groups (broad SMARTS) is 1. The Hall–Kier alpha value is -4.77. The molecule has 3 aromatic rings. The fourth-order valence-electron chi connectivity index (χ4n) is 5.34. The van der Waals surface area contributed by atoms with E-state index >= 15 is 0 Å². The third kappa shape index (κ3) is 7.78. The summed E-state index contributed by atoms with van der Waals surface area (Å²) in [4.78, 5) is 22.4. The van der Waals surface area contributed by atoms with Crippen molar-refractivity contribution in [1.29, 1.82) is 0 Å². The van der Waals surface area contributed by atoms with Crippen molar-refractivity contribution in [3.05, 3.63) is 30.3 Å². The van der Waals surface area contributed by atoms with Gasteiger partial charge in [0, 0.05) is 24.3 Å². The largest absolute Gasteiger partial charge is 0.507 e. The lowest BCUT2D eigenvalue weighted by Gasteiger charge is -2.39. The van der Waals surface area contributed by atoms with Crippen molar-refractivity contribution in [2.24, 2.45) is 0 Å². The summed E-state index contributed by atoms with van der Waals surface area (Å²) in [6.45, 7) is -1.49. The van der Waals surface area contributed by atoms with Crippen LogP contribution < -0.4 is 14.2 Å². The number of ether oxygens (including phenoxy) is 6. The fourth-order valence-corrected chi connectivity index (χ4v) is 5.34. The molecule has 0 bridgehead atoms. The smallest absolute Gasteiger partial charge is 0.402 e. The summed E-state index contributed by atoms with van der Waals surface area (Å²) in [5, 5.41) is 112. The number of phenolic OH excluding ortho intramolecular Hbond substituents is 3. The van der Waals surface area contributed by atoms with E-state index in [1.807, 2.05) is 0 Å². The monoisotopic (exact) mass is 727 g/mol. The number of rotatable bonds is 11. The van der Waals surface area contributed by atoms with Crippen molar-refractivity contribution >= 4 is 22.9 Å². The number of benzene rings is 2. The molecule has 0 unspecified atom stereocenters. The highest BCUT2D eigenvalue weighted by molar-refractivity contribution is 5.90. The molecule has 5 rings (SSSR count). The summed E-state index contributed by atoms with van der Waals surface area (Å²) in [7, 11) is 1.20. The van der Waals surface area contributed by atoms with E-state index in [2.05, 4.69) is 0 Å². The van der Waals surface area contributed by atoms with E-state index in [0.717, 1.165) is 12.1 Å². The Bertz CT molecular complexity index is 1750. The van der Waals surface area contributed by atoms with Crippen LogP contribution in [-0.2, 0) is 23.8 Å². The zero-order chi connectivity index (χ0) is 37.3. The van der Waals surface area contributed by atoms with Gasteiger partial charge in [-0.15, -0.1) is 0 Å². The highest BCUT2D eigenvalue weighted by atomic mass is 16.7. The van der Waals surface area contributed by atoms with Gasteiger partial charge in [0.15, 0.2) is 11.5 Å². The van der Waals surface area contributed by atoms with Crippen molar-refractivity contribution in [2.75, 3.05) is 20.3 Å². The number of phenols is 3. The van der Waals surface area contributed by atoms with Crippen molar-refractivity contribution < 1.29 is 98.6 Å². The van der Waals surface area contributed by atoms with Crippen LogP contribution in [0, 0.1) is 0 Å². The van der Waals surface area contributed by atoms with E-state index in [-0.39, 0.29) is 39.5 Å². The van der Waals surface area contributed by atoms with E-state index in [9.17, 15) is 60.7 Å². The molecule has 0 spiro atoms. The zero-order valence-corrected chi connectivity index (χ0v) is 26.4. The summed E-state index contributed by atoms with van der Waals surface area (Å²) >= 11 is 0. The summed E-state index contributed by atoms with van der Waals surface area (Å²) in [5.74, 6) is -5.50. The summed E-state index contributed by atoms with van der Waals surface area (Å²) in [6.07, 6.45) is -18.3. The maximum absolute atomic E-state index is 11.7. The second kappa shape index (κ2) is 15.2. The average molecular weight is 728 g/mol. The molecule has 278 valence electrons. The third-order valence-electron chi connectivity index (χ3n) is 8.06. The third-order valence-corrected chi connectivity index (χ3v) is 8.06. The second-order valence-corrected chi connectivity index (χ2v) is 11.5. The quantitative estimate of drug-likeness (QED) is 0.0436. The lowest BCUT2D eigenvalue weighted by molar-refractivity contribution is -0.278. The van der Waals surface area contributed by atoms with Gasteiger partial charge in [-0.3, -0.25) is 9.59 Å². The van der Waals surface area contributed by atoms with Crippen LogP contribution in [0.3, 0.4) is 0 Å². The molecule has 0 amide bonds. The lowest BCUT2D eigenvalue weighted by Crippen LogP contribution is -2.60. The van der Waals surface area contributed by atoms with Crippen LogP contribution in [0.15, 0.2) is 34.7 Å². The molecule has 2 aromatic carbocycles. The maximum atomic E-state index is 11.7. The number of aliphatic carboxylic acids is 1. The molecule has 20 heteroatoms. The summed E-state index contributed by atoms with van der Waals surface area (Å²) < 4.78 is 38.3. The van der Waals surface area contributed by atoms with Crippen molar-refractivity contribution in [2.45, 2.75) is 67.8 Å². The van der Waals surface area contributed by atoms with Crippen molar-refractivity contribution in [1.82, 2.24) is 0 Å². The predicted octanol–water partition coefficient (Wildman–Crippen LogP) is -2.11. The Morgan fingerprint density at radius 1 is 0.765 bits per heavy atom. The topological polar surface area (TPSA) is 323 Å². The first kappa shape index (κ1) is 37.5. The Morgan fingerprint density at radius 2 is 1.39 bits per heavy atom. The van der Waals surface area contributed by atoms with Gasteiger partial charge in [0.1, 0.15) is 78.7 Å². The number of aliphatic hydroxyl groups excluding tert-OH is 7. The number of esters is 1. The lowest BCUT2D eigenvalue weighted by atomic mass is 9.99. The van der Waals surface area contributed by atoms with E-state index in [0.29, 0.717) is 0 Å². The van der Waals surface area contributed by atoms with Crippen LogP contribution in [0.4, 0.5) is 0 Å². The van der Waals surface area contributed by atoms with Gasteiger partial charge in [-0.2, -0.15) is 0 Å². The molecule has 0 saturated carbocycles. The van der Waals surface area contributed by atoms with Crippen LogP contribution in [0.5, 0.6) is 34.5 Å². The van der Waals surface area contributed by atoms with E-state index < -0.39 is 110 Å². The number of aliphatic hydroxyl groups is 7. The molecule has 3 heterocycles. The molecule has 1 aromatic heterocycles. The molecule has 2 saturated heterocycles. The minimum atomic E-state index is -1.89. The molecule has 2 aliphatic rings. The van der Waals surface area contributed by atoms with Crippen molar-refractivity contribution in [3.8, 4) is 45.8 Å². The molecule has 2 aliphatic heterocycles. The molecule has 11 N–H and O–H groups in total. The van der Waals surface area contributed by atoms with Crippen LogP contribution >= 0.6 is 0 Å². The number of carbonyl (C=O) groups excluding carboxylic acids is 1. The van der Waals surface area contributed by atoms with Gasteiger partial charge in [0.2, 0.25) is 24.1 Å². The molecule has 51 heavy (non-hydrogen) atoms. The Labute approximate surface area is 286 Å². The number of carbonyl (C=O) groups is 2. The van der Waals surface area contributed by atoms with E-state index in [1.165, 1.54) is 25.3 Å². The van der Waals surface area contributed by atoms with Gasteiger partial charge in [-0.05, 0) is 0 Å². The number of carboxylic acids is 1. The Morgan fingerprint density at radius 3 is 2.02 bits per heavy atom. The first-order valence-electron chi connectivity index (χ1n) is 15.1. The molecule has 20 nitrogen and oxygen atoms in total. The number of hydrogen-bond acceptors (Lipinski definition) is 18. The van der Waals surface area contributed by atoms with Gasteiger partial charge in [0.05, 0.1) is 25.3 Å². The molecule has 0 aliphatic carbocycles. The number of hydrogen-bond donors (Lipinski definition) is 11. The molecule has 10 atom stereocenters. The summed E-state index contributed by atoms with van der Waals surface area (Å²) in [6, 6.07) is 5.68. The Balaban J connectivity index is 1.51. The second-order valence-electron chi connectivity index (χ2n) is 11.5. The highest BCUT2D eigenvalue weighted by Gasteiger charge is 2.47. The van der Waals surface area contributed by atoms with Crippen LogP contribution in [0.2, 0.25) is 0 Å². The van der Waals surface area contributed by atoms with Gasteiger partial charge < -0.3 is 84.6 Å². The first-order chi connectivity index (χ1) is 24.1. The van der Waals surface area contributed by atoms with E-state index in [4.69, 9.17) is 37.9 Å². The number of aromatic hydroxyl groups is 3. The van der Waals surface area contributed by atoms with Gasteiger partial charge >= 0.3 is 23.3 Å². The van der Waals surface area contributed by atoms with Crippen LogP contribution in [-0.4, -0.2) is 150 Å². The van der Waals surface area contributed by atoms with Gasteiger partial charge in [-0.1, -0.05) is 0 Å². The normalized spacial score (nSPS) is 29.3. The molecular weight excluding hydrogens is 692 g/mol. The molecule has 2 fully saturated rings. The molecule has 0 radical (unpaired) electrons. The molecular formula is C31H35O20+.